The number of aryl methyl sites for hydroxylation is 1. The molecule has 0 bridgehead atoms. The number of aromatic nitrogens is 2. The van der Waals surface area contributed by atoms with E-state index in [9.17, 15) is 9.59 Å². The lowest BCUT2D eigenvalue weighted by atomic mass is 10.1. The average Bonchev–Trinajstić information content (AvgIpc) is 3.02. The number of halogens is 1. The van der Waals surface area contributed by atoms with Crippen molar-refractivity contribution >= 4 is 39.1 Å². The fourth-order valence-corrected chi connectivity index (χ4v) is 3.82. The van der Waals surface area contributed by atoms with Crippen LogP contribution in [0.15, 0.2) is 34.4 Å². The monoisotopic (exact) mass is 376 g/mol. The number of hydrogen-bond acceptors (Lipinski definition) is 5. The Kier molecular flexibility index (Phi) is 5.20. The van der Waals surface area contributed by atoms with Crippen LogP contribution < -0.4 is 5.56 Å². The predicted octanol–water partition coefficient (Wildman–Crippen LogP) is 4.04. The maximum Gasteiger partial charge on any atom is 0.305 e. The summed E-state index contributed by atoms with van der Waals surface area (Å²) in [6.07, 6.45) is 0.801. The molecular weight excluding hydrogens is 360 g/mol. The molecule has 130 valence electrons. The van der Waals surface area contributed by atoms with E-state index >= 15 is 0 Å². The molecule has 0 aliphatic carbocycles. The van der Waals surface area contributed by atoms with Crippen LogP contribution in [0, 0.1) is 6.92 Å². The van der Waals surface area contributed by atoms with E-state index in [2.05, 4.69) is 9.72 Å². The van der Waals surface area contributed by atoms with Gasteiger partial charge in [-0.1, -0.05) is 23.7 Å². The third kappa shape index (κ3) is 3.60. The lowest BCUT2D eigenvalue weighted by Gasteiger charge is -2.09. The van der Waals surface area contributed by atoms with E-state index in [1.807, 2.05) is 17.5 Å². The van der Waals surface area contributed by atoms with Gasteiger partial charge in [0, 0.05) is 28.9 Å². The summed E-state index contributed by atoms with van der Waals surface area (Å²) in [6.45, 7) is 2.24. The number of ether oxygens (including phenoxy) is 1. The number of carbonyl (C=O) groups is 1. The zero-order valence-electron chi connectivity index (χ0n) is 13.9. The van der Waals surface area contributed by atoms with Crippen LogP contribution in [-0.2, 0) is 16.1 Å². The van der Waals surface area contributed by atoms with Crippen molar-refractivity contribution in [2.45, 2.75) is 26.3 Å². The highest BCUT2D eigenvalue weighted by atomic mass is 35.5. The zero-order chi connectivity index (χ0) is 18.0. The number of rotatable bonds is 5. The molecule has 1 aromatic carbocycles. The first-order valence-electron chi connectivity index (χ1n) is 7.82. The molecule has 0 saturated carbocycles. The standard InChI is InChI=1S/C18H17ClN2O3S/c1-11-20-17-16(18(23)21(11)9-3-4-15(22)24-2)14(10-25-17)12-5-7-13(19)8-6-12/h5-8,10H,3-4,9H2,1-2H3. The highest BCUT2D eigenvalue weighted by Crippen LogP contribution is 2.31. The van der Waals surface area contributed by atoms with Gasteiger partial charge < -0.3 is 4.74 Å². The molecule has 0 aliphatic rings. The number of hydrogen-bond donors (Lipinski definition) is 0. The minimum Gasteiger partial charge on any atom is -0.469 e. The Morgan fingerprint density at radius 2 is 2.04 bits per heavy atom. The lowest BCUT2D eigenvalue weighted by molar-refractivity contribution is -0.140. The molecule has 0 N–H and O–H groups in total. The van der Waals surface area contributed by atoms with E-state index in [0.29, 0.717) is 29.2 Å². The summed E-state index contributed by atoms with van der Waals surface area (Å²) in [7, 11) is 1.36. The van der Waals surface area contributed by atoms with E-state index < -0.39 is 0 Å². The average molecular weight is 377 g/mol. The minimum absolute atomic E-state index is 0.0847. The van der Waals surface area contributed by atoms with Crippen LogP contribution in [0.25, 0.3) is 21.3 Å². The van der Waals surface area contributed by atoms with Gasteiger partial charge in [0.2, 0.25) is 0 Å². The van der Waals surface area contributed by atoms with Gasteiger partial charge in [-0.3, -0.25) is 14.2 Å². The zero-order valence-corrected chi connectivity index (χ0v) is 15.5. The van der Waals surface area contributed by atoms with Gasteiger partial charge in [0.25, 0.3) is 5.56 Å². The quantitative estimate of drug-likeness (QED) is 0.630. The minimum atomic E-state index is -0.280. The van der Waals surface area contributed by atoms with Gasteiger partial charge in [0.05, 0.1) is 12.5 Å². The van der Waals surface area contributed by atoms with Crippen LogP contribution in [-0.4, -0.2) is 22.6 Å². The first kappa shape index (κ1) is 17.6. The summed E-state index contributed by atoms with van der Waals surface area (Å²) in [6, 6.07) is 7.39. The molecule has 3 aromatic rings. The summed E-state index contributed by atoms with van der Waals surface area (Å²) in [4.78, 5) is 29.6. The third-order valence-electron chi connectivity index (χ3n) is 4.03. The van der Waals surface area contributed by atoms with Crippen molar-refractivity contribution in [1.29, 1.82) is 0 Å². The Morgan fingerprint density at radius 1 is 1.32 bits per heavy atom. The highest BCUT2D eigenvalue weighted by Gasteiger charge is 2.15. The van der Waals surface area contributed by atoms with Crippen molar-refractivity contribution in [3.8, 4) is 11.1 Å². The smallest absolute Gasteiger partial charge is 0.305 e. The summed E-state index contributed by atoms with van der Waals surface area (Å²) in [5.74, 6) is 0.365. The van der Waals surface area contributed by atoms with Crippen molar-refractivity contribution in [3.63, 3.8) is 0 Å². The molecule has 0 radical (unpaired) electrons. The van der Waals surface area contributed by atoms with Crippen LogP contribution in [0.2, 0.25) is 5.02 Å². The molecule has 0 saturated heterocycles. The second kappa shape index (κ2) is 7.37. The molecule has 0 spiro atoms. The van der Waals surface area contributed by atoms with E-state index in [0.717, 1.165) is 16.0 Å². The van der Waals surface area contributed by atoms with Crippen LogP contribution >= 0.6 is 22.9 Å². The first-order chi connectivity index (χ1) is 12.0. The molecule has 0 fully saturated rings. The highest BCUT2D eigenvalue weighted by molar-refractivity contribution is 7.17. The van der Waals surface area contributed by atoms with E-state index in [1.54, 1.807) is 23.6 Å². The third-order valence-corrected chi connectivity index (χ3v) is 5.15. The Morgan fingerprint density at radius 3 is 2.72 bits per heavy atom. The fraction of sp³-hybridized carbons (Fsp3) is 0.278. The number of fused-ring (bicyclic) bond motifs is 1. The number of benzene rings is 1. The number of esters is 1. The molecule has 2 aromatic heterocycles. The van der Waals surface area contributed by atoms with Gasteiger partial charge in [0.1, 0.15) is 10.7 Å². The molecule has 2 heterocycles. The van der Waals surface area contributed by atoms with Crippen molar-refractivity contribution in [2.24, 2.45) is 0 Å². The van der Waals surface area contributed by atoms with Crippen LogP contribution in [0.4, 0.5) is 0 Å². The van der Waals surface area contributed by atoms with Crippen molar-refractivity contribution in [1.82, 2.24) is 9.55 Å². The Labute approximate surface area is 153 Å². The van der Waals surface area contributed by atoms with E-state index in [-0.39, 0.29) is 17.9 Å². The second-order valence-electron chi connectivity index (χ2n) is 5.63. The van der Waals surface area contributed by atoms with Crippen LogP contribution in [0.3, 0.4) is 0 Å². The van der Waals surface area contributed by atoms with Gasteiger partial charge in [-0.2, -0.15) is 0 Å². The molecule has 0 amide bonds. The number of nitrogens with zero attached hydrogens (tertiary/aromatic N) is 2. The number of carbonyl (C=O) groups excluding carboxylic acids is 1. The Hall–Kier alpha value is -2.18. The number of thiophene rings is 1. The van der Waals surface area contributed by atoms with Gasteiger partial charge in [-0.05, 0) is 31.0 Å². The van der Waals surface area contributed by atoms with E-state index in [1.165, 1.54) is 18.4 Å². The van der Waals surface area contributed by atoms with Crippen LogP contribution in [0.1, 0.15) is 18.7 Å². The fourth-order valence-electron chi connectivity index (χ4n) is 2.71. The van der Waals surface area contributed by atoms with Crippen LogP contribution in [0.5, 0.6) is 0 Å². The molecule has 0 aliphatic heterocycles. The molecule has 25 heavy (non-hydrogen) atoms. The maximum absolute atomic E-state index is 13.0. The van der Waals surface area contributed by atoms with Crippen molar-refractivity contribution < 1.29 is 9.53 Å². The summed E-state index contributed by atoms with van der Waals surface area (Å²) < 4.78 is 6.26. The molecule has 0 unspecified atom stereocenters. The molecule has 7 heteroatoms. The normalized spacial score (nSPS) is 11.0. The molecule has 3 rings (SSSR count). The Balaban J connectivity index is 2.02. The summed E-state index contributed by atoms with van der Waals surface area (Å²) >= 11 is 7.40. The largest absolute Gasteiger partial charge is 0.469 e. The second-order valence-corrected chi connectivity index (χ2v) is 6.93. The van der Waals surface area contributed by atoms with Crippen molar-refractivity contribution in [3.05, 3.63) is 50.8 Å². The molecular formula is C18H17ClN2O3S. The van der Waals surface area contributed by atoms with Gasteiger partial charge in [0.15, 0.2) is 0 Å². The van der Waals surface area contributed by atoms with Gasteiger partial charge in [-0.25, -0.2) is 4.98 Å². The summed E-state index contributed by atoms with van der Waals surface area (Å²) in [5.41, 5.74) is 1.70. The first-order valence-corrected chi connectivity index (χ1v) is 9.08. The maximum atomic E-state index is 13.0. The van der Waals surface area contributed by atoms with E-state index in [4.69, 9.17) is 11.6 Å². The number of methoxy groups -OCH3 is 1. The molecule has 0 atom stereocenters. The molecule has 5 nitrogen and oxygen atoms in total. The van der Waals surface area contributed by atoms with Gasteiger partial charge >= 0.3 is 5.97 Å². The predicted molar refractivity (Wildman–Crippen MR) is 100 cm³/mol. The van der Waals surface area contributed by atoms with Crippen molar-refractivity contribution in [2.75, 3.05) is 7.11 Å². The Bertz CT molecular complexity index is 976. The summed E-state index contributed by atoms with van der Waals surface area (Å²) in [5, 5.41) is 3.20. The SMILES string of the molecule is COC(=O)CCCn1c(C)nc2scc(-c3ccc(Cl)cc3)c2c1=O. The topological polar surface area (TPSA) is 61.2 Å². The lowest BCUT2D eigenvalue weighted by Crippen LogP contribution is -2.24. The van der Waals surface area contributed by atoms with Gasteiger partial charge in [-0.15, -0.1) is 11.3 Å².